The number of aliphatic carboxylic acids is 3. The number of nitrogens with one attached hydrogen (secondary N) is 3. The van der Waals surface area contributed by atoms with Gasteiger partial charge in [-0.15, -0.1) is 0 Å². The largest absolute Gasteiger partial charge is 3.00 e. The summed E-state index contributed by atoms with van der Waals surface area (Å²) >= 11 is 0. The van der Waals surface area contributed by atoms with Gasteiger partial charge < -0.3 is 193 Å². The molecule has 0 spiro atoms. The second-order valence-electron chi connectivity index (χ2n) is 27.0. The number of nitrogens with zero attached hydrogens (tertiary/aromatic N) is 12. The van der Waals surface area contributed by atoms with Gasteiger partial charge in [0.05, 0.1) is 37.7 Å². The summed E-state index contributed by atoms with van der Waals surface area (Å²) in [4.78, 5) is 222. The summed E-state index contributed by atoms with van der Waals surface area (Å²) < 4.78 is 15.4. The molecule has 0 bridgehead atoms. The number of carbonyl (C=O) groups is 12. The van der Waals surface area contributed by atoms with E-state index in [1.807, 2.05) is 0 Å². The average Bonchev–Trinajstić information content (AvgIpc) is 0.795. The van der Waals surface area contributed by atoms with Crippen molar-refractivity contribution in [3.05, 3.63) is 61.3 Å². The first-order chi connectivity index (χ1) is 55.1. The molecule has 6 rings (SSSR count). The number of rotatable bonds is 27. The van der Waals surface area contributed by atoms with E-state index in [-0.39, 0.29) is 409 Å². The second-order valence-corrected chi connectivity index (χ2v) is 27.0. The van der Waals surface area contributed by atoms with Gasteiger partial charge >= 0.3 is 160 Å². The van der Waals surface area contributed by atoms with Crippen LogP contribution in [0.1, 0.15) is 80.1 Å². The first kappa shape index (κ1) is 114. The molecule has 3 aliphatic rings. The summed E-state index contributed by atoms with van der Waals surface area (Å²) in [5.74, 6) is -4.71. The molecule has 6 unspecified atom stereocenters. The maximum absolute atomic E-state index is 12.1. The Bertz CT molecular complexity index is 3740. The summed E-state index contributed by atoms with van der Waals surface area (Å²) in [7, 11) is 0. The molecule has 0 aliphatic carbocycles. The minimum absolute atomic E-state index is 0. The quantitative estimate of drug-likeness (QED) is 0.0471. The fourth-order valence-corrected chi connectivity index (χ4v) is 13.2. The van der Waals surface area contributed by atoms with Crippen LogP contribution in [0.15, 0.2) is 28.8 Å². The summed E-state index contributed by atoms with van der Waals surface area (Å²) in [6.07, 6.45) is -14.0. The number of carboxylic acid groups (broad SMARTS) is 12. The van der Waals surface area contributed by atoms with Crippen molar-refractivity contribution >= 4 is 89.8 Å². The molecule has 6 atom stereocenters. The van der Waals surface area contributed by atoms with E-state index in [0.717, 1.165) is 44.1 Å². The molecule has 0 saturated carbocycles. The SMILES string of the molecule is CCOc1c(NCCCC(C(=O)[O-])N2CCN(C(=O)[O-])CCN(C(=O)[O-])CCN(C(=O)[O-])CC2C)c(=O)c1=O.CCOc1c(NCCCC(C(=O)[O-])N2CCN(C(=O)[O-])CCN(C(=O)[O-])CCN(C(=O)[O-])CC2C)c(=O)c1=O.CCOc1c(NCCCC(C(=O)[O-])N2CCN(C(=O)[O-])CCN(C(=O)[O-])CCN(C(=O)[O-])CC2C)c(=O)c1=O.[Gd+3].[Gd+3].[Gd+3].[Gd+3]. The maximum Gasteiger partial charge on any atom is 3.00 e. The summed E-state index contributed by atoms with van der Waals surface area (Å²) in [6, 6.07) is -6.19. The normalized spacial score (nSPS) is 18.0. The van der Waals surface area contributed by atoms with Crippen molar-refractivity contribution in [2.75, 3.05) is 193 Å². The number of amides is 9. The Balaban J connectivity index is 0.00000176. The fraction of sp³-hybridized carbons (Fsp3) is 0.652. The summed E-state index contributed by atoms with van der Waals surface area (Å²) in [5, 5.41) is 149. The second kappa shape index (κ2) is 56.8. The van der Waals surface area contributed by atoms with Crippen molar-refractivity contribution in [1.29, 1.82) is 0 Å². The number of ether oxygens (including phenoxy) is 3. The van der Waals surface area contributed by atoms with Crippen molar-refractivity contribution in [3.8, 4) is 17.2 Å². The molecular formula is C69H93Gd4N15O33. The van der Waals surface area contributed by atoms with E-state index < -0.39 is 142 Å². The summed E-state index contributed by atoms with van der Waals surface area (Å²) in [6.45, 7) is 4.51. The maximum atomic E-state index is 12.1. The number of anilines is 3. The van der Waals surface area contributed by atoms with Crippen molar-refractivity contribution in [3.63, 3.8) is 0 Å². The van der Waals surface area contributed by atoms with Gasteiger partial charge in [-0.2, -0.15) is 0 Å². The van der Waals surface area contributed by atoms with Crippen LogP contribution in [-0.2, 0) is 14.4 Å². The van der Waals surface area contributed by atoms with Crippen molar-refractivity contribution in [2.24, 2.45) is 0 Å². The molecule has 52 heteroatoms. The first-order valence-electron chi connectivity index (χ1n) is 37.3. The Hall–Kier alpha value is -6.94. The molecule has 0 aromatic heterocycles. The molecule has 3 saturated heterocycles. The molecule has 3 heterocycles. The van der Waals surface area contributed by atoms with Crippen LogP contribution in [0.5, 0.6) is 17.2 Å². The van der Waals surface area contributed by atoms with Crippen LogP contribution in [-0.4, -0.2) is 345 Å². The van der Waals surface area contributed by atoms with E-state index in [9.17, 15) is 148 Å². The molecule has 3 N–H and O–H groups in total. The number of carbonyl (C=O) groups excluding carboxylic acids is 12. The zero-order chi connectivity index (χ0) is 87.8. The van der Waals surface area contributed by atoms with E-state index in [4.69, 9.17) is 14.2 Å². The van der Waals surface area contributed by atoms with Gasteiger partial charge in [0.15, 0.2) is 17.2 Å². The van der Waals surface area contributed by atoms with Crippen LogP contribution in [0, 0.1) is 160 Å². The Labute approximate surface area is 820 Å². The third-order valence-corrected chi connectivity index (χ3v) is 19.6. The third-order valence-electron chi connectivity index (χ3n) is 19.6. The van der Waals surface area contributed by atoms with Gasteiger partial charge in [-0.3, -0.25) is 43.5 Å². The molecule has 3 fully saturated rings. The minimum Gasteiger partial charge on any atom is -0.548 e. The van der Waals surface area contributed by atoms with Crippen molar-refractivity contribution < 1.29 is 293 Å². The van der Waals surface area contributed by atoms with Gasteiger partial charge in [-0.05, 0) is 80.1 Å². The zero-order valence-corrected chi connectivity index (χ0v) is 75.6. The molecule has 4 radical (unpaired) electrons. The predicted octanol–water partition coefficient (Wildman–Crippen LogP) is -16.1. The van der Waals surface area contributed by atoms with Gasteiger partial charge in [-0.1, -0.05) is 0 Å². The third kappa shape index (κ3) is 34.8. The van der Waals surface area contributed by atoms with Crippen LogP contribution in [0.25, 0.3) is 0 Å². The molecule has 121 heavy (non-hydrogen) atoms. The zero-order valence-electron chi connectivity index (χ0n) is 66.6. The number of carboxylic acids is 3. The van der Waals surface area contributed by atoms with Crippen LogP contribution in [0.2, 0.25) is 0 Å². The molecule has 3 aromatic carbocycles. The van der Waals surface area contributed by atoms with E-state index in [1.54, 1.807) is 20.8 Å². The molecule has 674 valence electrons. The van der Waals surface area contributed by atoms with E-state index >= 15 is 0 Å². The van der Waals surface area contributed by atoms with Gasteiger partial charge in [0.25, 0.3) is 32.6 Å². The van der Waals surface area contributed by atoms with E-state index in [2.05, 4.69) is 16.0 Å². The van der Waals surface area contributed by atoms with Crippen LogP contribution in [0.3, 0.4) is 0 Å². The monoisotopic (exact) mass is 2290 g/mol. The number of hydrogen-bond acceptors (Lipinski definition) is 39. The number of hydrogen-bond donors (Lipinski definition) is 3. The predicted molar refractivity (Wildman–Crippen MR) is 378 cm³/mol. The van der Waals surface area contributed by atoms with E-state index in [1.165, 1.54) is 35.5 Å². The first-order valence-corrected chi connectivity index (χ1v) is 37.3. The average molecular weight is 2290 g/mol. The van der Waals surface area contributed by atoms with Crippen LogP contribution >= 0.6 is 0 Å². The van der Waals surface area contributed by atoms with Crippen LogP contribution in [0.4, 0.5) is 60.2 Å². The Morgan fingerprint density at radius 3 is 0.612 bits per heavy atom. The van der Waals surface area contributed by atoms with Crippen molar-refractivity contribution in [2.45, 2.75) is 116 Å². The minimum atomic E-state index is -1.61. The Morgan fingerprint density at radius 2 is 0.455 bits per heavy atom. The Kier molecular flexibility index (Phi) is 53.6. The smallest absolute Gasteiger partial charge is 0.548 e. The Morgan fingerprint density at radius 1 is 0.289 bits per heavy atom. The van der Waals surface area contributed by atoms with Gasteiger partial charge in [-0.25, -0.2) is 0 Å². The standard InChI is InChI=1S/3C23H35N5O11.4Gd/c3*1-3-39-19-16(17(29)18(19)30)24-6-4-5-15(20(31)32)28-12-11-26(22(35)36)8-7-25(21(33)34)9-10-27(23(37)38)13-14(28)2;;;;/h3*14-15,24H,3-13H2,1-2H3,(H,31,32)(H,33,34)(H,35,36)(H,37,38);;;;/q;;;4*+3/p-12. The molecule has 48 nitrogen and oxygen atoms in total. The molecular weight excluding hydrogens is 2200 g/mol. The molecule has 9 amide bonds. The van der Waals surface area contributed by atoms with E-state index in [0.29, 0.717) is 0 Å². The van der Waals surface area contributed by atoms with Gasteiger partial charge in [0.2, 0.25) is 0 Å². The van der Waals surface area contributed by atoms with Crippen molar-refractivity contribution in [1.82, 2.24) is 58.8 Å². The van der Waals surface area contributed by atoms with Gasteiger partial charge in [0, 0.05) is 193 Å². The fourth-order valence-electron chi connectivity index (χ4n) is 13.2. The molecule has 3 aromatic rings. The van der Waals surface area contributed by atoms with Gasteiger partial charge in [0.1, 0.15) is 71.9 Å². The topological polar surface area (TPSA) is 687 Å². The molecule has 3 aliphatic heterocycles. The summed E-state index contributed by atoms with van der Waals surface area (Å²) in [5.41, 5.74) is -4.46. The van der Waals surface area contributed by atoms with Crippen LogP contribution < -0.4 is 124 Å².